The molecule has 3 heteroatoms. The lowest BCUT2D eigenvalue weighted by Crippen LogP contribution is -2.31. The molecule has 3 nitrogen and oxygen atoms in total. The molecule has 0 bridgehead atoms. The van der Waals surface area contributed by atoms with Crippen LogP contribution >= 0.6 is 0 Å². The van der Waals surface area contributed by atoms with E-state index in [2.05, 4.69) is 53.1 Å². The summed E-state index contributed by atoms with van der Waals surface area (Å²) in [6.07, 6.45) is 5.60. The zero-order valence-electron chi connectivity index (χ0n) is 11.3. The van der Waals surface area contributed by atoms with E-state index in [1.54, 1.807) is 0 Å². The number of hydrogen-bond donors (Lipinski definition) is 1. The van der Waals surface area contributed by atoms with Crippen LogP contribution in [-0.2, 0) is 7.05 Å². The third-order valence-electron chi connectivity index (χ3n) is 3.95. The Morgan fingerprint density at radius 1 is 1.26 bits per heavy atom. The Bertz CT molecular complexity index is 612. The fourth-order valence-corrected chi connectivity index (χ4v) is 2.90. The van der Waals surface area contributed by atoms with Crippen LogP contribution in [0, 0.1) is 0 Å². The molecule has 19 heavy (non-hydrogen) atoms. The molecular formula is C16H20N2O. The van der Waals surface area contributed by atoms with Crippen molar-refractivity contribution in [1.82, 2.24) is 9.47 Å². The number of rotatable bonds is 3. The number of β-amino-alcohol motifs (C(OH)–C–C–N with tert-alkyl or cyclic N) is 1. The van der Waals surface area contributed by atoms with Crippen LogP contribution in [0.3, 0.4) is 0 Å². The van der Waals surface area contributed by atoms with Crippen LogP contribution in [0.15, 0.2) is 36.5 Å². The SMILES string of the molecule is Cn1cc(C2=CCN(CCO)CC2)c2ccccc21. The molecule has 2 aromatic rings. The van der Waals surface area contributed by atoms with Gasteiger partial charge < -0.3 is 9.67 Å². The highest BCUT2D eigenvalue weighted by Crippen LogP contribution is 2.30. The maximum Gasteiger partial charge on any atom is 0.0558 e. The van der Waals surface area contributed by atoms with Crippen LogP contribution in [0.25, 0.3) is 16.5 Å². The number of aryl methyl sites for hydroxylation is 1. The standard InChI is InChI=1S/C16H20N2O/c1-17-12-15(14-4-2-3-5-16(14)17)13-6-8-18(9-7-13)10-11-19/h2-6,12,19H,7-11H2,1H3. The number of aromatic nitrogens is 1. The monoisotopic (exact) mass is 256 g/mol. The molecule has 2 heterocycles. The quantitative estimate of drug-likeness (QED) is 0.912. The molecule has 1 N–H and O–H groups in total. The van der Waals surface area contributed by atoms with Crippen LogP contribution < -0.4 is 0 Å². The topological polar surface area (TPSA) is 28.4 Å². The van der Waals surface area contributed by atoms with Gasteiger partial charge in [-0.2, -0.15) is 0 Å². The minimum atomic E-state index is 0.247. The van der Waals surface area contributed by atoms with Gasteiger partial charge in [0.05, 0.1) is 6.61 Å². The summed E-state index contributed by atoms with van der Waals surface area (Å²) in [5.74, 6) is 0. The molecule has 0 radical (unpaired) electrons. The number of nitrogens with zero attached hydrogens (tertiary/aromatic N) is 2. The van der Waals surface area contributed by atoms with Gasteiger partial charge in [0.2, 0.25) is 0 Å². The lowest BCUT2D eigenvalue weighted by atomic mass is 9.99. The van der Waals surface area contributed by atoms with E-state index in [9.17, 15) is 0 Å². The van der Waals surface area contributed by atoms with Crippen LogP contribution in [0.2, 0.25) is 0 Å². The fourth-order valence-electron chi connectivity index (χ4n) is 2.90. The molecule has 0 aliphatic carbocycles. The first kappa shape index (κ1) is 12.5. The van der Waals surface area contributed by atoms with Crippen molar-refractivity contribution in [3.8, 4) is 0 Å². The van der Waals surface area contributed by atoms with Gasteiger partial charge in [0.25, 0.3) is 0 Å². The summed E-state index contributed by atoms with van der Waals surface area (Å²) < 4.78 is 2.20. The molecule has 0 unspecified atom stereocenters. The molecule has 0 saturated heterocycles. The highest BCUT2D eigenvalue weighted by atomic mass is 16.3. The predicted molar refractivity (Wildman–Crippen MR) is 79.0 cm³/mol. The van der Waals surface area contributed by atoms with Crippen LogP contribution in [0.4, 0.5) is 0 Å². The number of aliphatic hydroxyl groups excluding tert-OH is 1. The van der Waals surface area contributed by atoms with Crippen molar-refractivity contribution in [2.75, 3.05) is 26.2 Å². The summed E-state index contributed by atoms with van der Waals surface area (Å²) in [5.41, 5.74) is 4.09. The molecule has 100 valence electrons. The summed E-state index contributed by atoms with van der Waals surface area (Å²) in [5, 5.41) is 10.3. The Kier molecular flexibility index (Phi) is 3.40. The van der Waals surface area contributed by atoms with E-state index in [1.807, 2.05) is 0 Å². The third-order valence-corrected chi connectivity index (χ3v) is 3.95. The van der Waals surface area contributed by atoms with Gasteiger partial charge in [-0.25, -0.2) is 0 Å². The Morgan fingerprint density at radius 3 is 2.84 bits per heavy atom. The van der Waals surface area contributed by atoms with Crippen molar-refractivity contribution < 1.29 is 5.11 Å². The number of aliphatic hydroxyl groups is 1. The van der Waals surface area contributed by atoms with Gasteiger partial charge in [-0.05, 0) is 18.1 Å². The molecule has 0 amide bonds. The maximum atomic E-state index is 8.98. The minimum Gasteiger partial charge on any atom is -0.395 e. The van der Waals surface area contributed by atoms with Crippen molar-refractivity contribution in [1.29, 1.82) is 0 Å². The molecule has 0 saturated carbocycles. The molecule has 1 aromatic carbocycles. The summed E-state index contributed by atoms with van der Waals surface area (Å²) in [6, 6.07) is 8.56. The zero-order valence-corrected chi connectivity index (χ0v) is 11.3. The molecule has 3 rings (SSSR count). The van der Waals surface area contributed by atoms with E-state index in [4.69, 9.17) is 5.11 Å². The third kappa shape index (κ3) is 2.31. The molecule has 1 aliphatic heterocycles. The zero-order chi connectivity index (χ0) is 13.2. The second-order valence-corrected chi connectivity index (χ2v) is 5.17. The van der Waals surface area contributed by atoms with E-state index in [-0.39, 0.29) is 6.61 Å². The number of para-hydroxylation sites is 1. The molecule has 0 atom stereocenters. The Morgan fingerprint density at radius 2 is 2.11 bits per heavy atom. The Labute approximate surface area is 113 Å². The normalized spacial score (nSPS) is 16.8. The van der Waals surface area contributed by atoms with Gasteiger partial charge in [0.1, 0.15) is 0 Å². The minimum absolute atomic E-state index is 0.247. The first-order valence-corrected chi connectivity index (χ1v) is 6.86. The molecule has 1 aromatic heterocycles. The second-order valence-electron chi connectivity index (χ2n) is 5.17. The van der Waals surface area contributed by atoms with E-state index >= 15 is 0 Å². The van der Waals surface area contributed by atoms with Crippen molar-refractivity contribution >= 4 is 16.5 Å². The predicted octanol–water partition coefficient (Wildman–Crippen LogP) is 2.26. The summed E-state index contributed by atoms with van der Waals surface area (Å²) in [4.78, 5) is 2.29. The average Bonchev–Trinajstić information content (AvgIpc) is 2.78. The lowest BCUT2D eigenvalue weighted by Gasteiger charge is -2.25. The van der Waals surface area contributed by atoms with E-state index in [0.717, 1.165) is 26.1 Å². The van der Waals surface area contributed by atoms with Gasteiger partial charge in [0, 0.05) is 49.3 Å². The van der Waals surface area contributed by atoms with Gasteiger partial charge in [-0.1, -0.05) is 24.3 Å². The molecule has 1 aliphatic rings. The molecule has 0 fully saturated rings. The second kappa shape index (κ2) is 5.19. The van der Waals surface area contributed by atoms with Crippen LogP contribution in [-0.4, -0.2) is 40.8 Å². The van der Waals surface area contributed by atoms with E-state index in [1.165, 1.54) is 22.0 Å². The molecule has 0 spiro atoms. The Balaban J connectivity index is 1.93. The van der Waals surface area contributed by atoms with Gasteiger partial charge in [-0.15, -0.1) is 0 Å². The lowest BCUT2D eigenvalue weighted by molar-refractivity contribution is 0.208. The summed E-state index contributed by atoms with van der Waals surface area (Å²) >= 11 is 0. The average molecular weight is 256 g/mol. The van der Waals surface area contributed by atoms with Crippen molar-refractivity contribution in [2.45, 2.75) is 6.42 Å². The maximum absolute atomic E-state index is 8.98. The van der Waals surface area contributed by atoms with Crippen molar-refractivity contribution in [2.24, 2.45) is 7.05 Å². The highest BCUT2D eigenvalue weighted by Gasteiger charge is 2.15. The molecular weight excluding hydrogens is 236 g/mol. The summed E-state index contributed by atoms with van der Waals surface area (Å²) in [7, 11) is 2.10. The highest BCUT2D eigenvalue weighted by molar-refractivity contribution is 5.93. The number of benzene rings is 1. The smallest absolute Gasteiger partial charge is 0.0558 e. The number of fused-ring (bicyclic) bond motifs is 1. The van der Waals surface area contributed by atoms with Crippen molar-refractivity contribution in [3.05, 3.63) is 42.1 Å². The van der Waals surface area contributed by atoms with Crippen LogP contribution in [0.5, 0.6) is 0 Å². The van der Waals surface area contributed by atoms with Gasteiger partial charge in [-0.3, -0.25) is 4.90 Å². The number of hydrogen-bond acceptors (Lipinski definition) is 2. The van der Waals surface area contributed by atoms with E-state index in [0.29, 0.717) is 0 Å². The first-order chi connectivity index (χ1) is 9.29. The Hall–Kier alpha value is -1.58. The van der Waals surface area contributed by atoms with Crippen LogP contribution in [0.1, 0.15) is 12.0 Å². The van der Waals surface area contributed by atoms with Crippen molar-refractivity contribution in [3.63, 3.8) is 0 Å². The van der Waals surface area contributed by atoms with Gasteiger partial charge >= 0.3 is 0 Å². The summed E-state index contributed by atoms with van der Waals surface area (Å²) in [6.45, 7) is 3.01. The largest absolute Gasteiger partial charge is 0.395 e. The van der Waals surface area contributed by atoms with E-state index < -0.39 is 0 Å². The fraction of sp³-hybridized carbons (Fsp3) is 0.375. The van der Waals surface area contributed by atoms with Gasteiger partial charge in [0.15, 0.2) is 0 Å². The first-order valence-electron chi connectivity index (χ1n) is 6.86.